The number of nitrogens with two attached hydrogens (primary N) is 1. The van der Waals surface area contributed by atoms with E-state index in [-0.39, 0.29) is 5.92 Å². The molecule has 0 saturated heterocycles. The summed E-state index contributed by atoms with van der Waals surface area (Å²) in [6, 6.07) is 10.3. The zero-order chi connectivity index (χ0) is 13.7. The summed E-state index contributed by atoms with van der Waals surface area (Å²) >= 11 is 0. The molecular formula is C16H25NOS. The summed E-state index contributed by atoms with van der Waals surface area (Å²) in [6.07, 6.45) is 4.78. The number of benzene rings is 1. The van der Waals surface area contributed by atoms with Gasteiger partial charge < -0.3 is 5.73 Å². The molecule has 1 fully saturated rings. The highest BCUT2D eigenvalue weighted by atomic mass is 32.2. The van der Waals surface area contributed by atoms with Gasteiger partial charge in [-0.05, 0) is 24.3 Å². The van der Waals surface area contributed by atoms with Crippen LogP contribution in [0, 0.1) is 5.92 Å². The Hall–Kier alpha value is -0.670. The molecule has 1 aromatic rings. The summed E-state index contributed by atoms with van der Waals surface area (Å²) in [5.41, 5.74) is 7.10. The van der Waals surface area contributed by atoms with Crippen molar-refractivity contribution in [3.63, 3.8) is 0 Å². The molecule has 1 aliphatic carbocycles. The zero-order valence-corrected chi connectivity index (χ0v) is 12.6. The van der Waals surface area contributed by atoms with E-state index in [0.29, 0.717) is 11.8 Å². The molecule has 0 bridgehead atoms. The van der Waals surface area contributed by atoms with E-state index in [1.165, 1.54) is 18.4 Å². The molecule has 3 heteroatoms. The standard InChI is InChI=1S/C16H25NOS/c1-13-6-5-9-16(10-13)19(18)12-15(11-17)14-7-3-2-4-8-14/h2-4,7-8,13,15-16H,5-6,9-12,17H2,1H3. The third kappa shape index (κ3) is 4.15. The highest BCUT2D eigenvalue weighted by Crippen LogP contribution is 2.28. The van der Waals surface area contributed by atoms with Gasteiger partial charge in [-0.2, -0.15) is 0 Å². The first kappa shape index (κ1) is 14.7. The molecule has 2 N–H and O–H groups in total. The molecule has 0 aliphatic heterocycles. The van der Waals surface area contributed by atoms with Gasteiger partial charge in [0.1, 0.15) is 0 Å². The maximum atomic E-state index is 12.5. The molecule has 0 heterocycles. The first-order chi connectivity index (χ1) is 9.20. The highest BCUT2D eigenvalue weighted by Gasteiger charge is 2.25. The van der Waals surface area contributed by atoms with Crippen LogP contribution in [-0.2, 0) is 10.8 Å². The zero-order valence-electron chi connectivity index (χ0n) is 11.8. The van der Waals surface area contributed by atoms with Crippen LogP contribution in [0.2, 0.25) is 0 Å². The summed E-state index contributed by atoms with van der Waals surface area (Å²) in [4.78, 5) is 0. The van der Waals surface area contributed by atoms with Crippen LogP contribution in [0.5, 0.6) is 0 Å². The van der Waals surface area contributed by atoms with E-state index >= 15 is 0 Å². The van der Waals surface area contributed by atoms with Crippen LogP contribution in [0.15, 0.2) is 30.3 Å². The van der Waals surface area contributed by atoms with E-state index in [4.69, 9.17) is 5.73 Å². The Balaban J connectivity index is 1.96. The highest BCUT2D eigenvalue weighted by molar-refractivity contribution is 7.85. The Kier molecular flexibility index (Phi) is 5.59. The predicted molar refractivity (Wildman–Crippen MR) is 82.7 cm³/mol. The molecule has 2 nitrogen and oxygen atoms in total. The molecule has 2 rings (SSSR count). The second-order valence-corrected chi connectivity index (χ2v) is 7.55. The van der Waals surface area contributed by atoms with Gasteiger partial charge in [0.05, 0.1) is 0 Å². The molecule has 1 aliphatic rings. The molecule has 4 unspecified atom stereocenters. The Morgan fingerprint density at radius 2 is 2.05 bits per heavy atom. The van der Waals surface area contributed by atoms with Crippen molar-refractivity contribution in [3.05, 3.63) is 35.9 Å². The molecule has 0 amide bonds. The molecule has 4 atom stereocenters. The largest absolute Gasteiger partial charge is 0.330 e. The monoisotopic (exact) mass is 279 g/mol. The lowest BCUT2D eigenvalue weighted by atomic mass is 9.91. The van der Waals surface area contributed by atoms with Gasteiger partial charge in [0.2, 0.25) is 0 Å². The van der Waals surface area contributed by atoms with Gasteiger partial charge in [-0.25, -0.2) is 0 Å². The fourth-order valence-electron chi connectivity index (χ4n) is 2.98. The van der Waals surface area contributed by atoms with Crippen LogP contribution in [0.4, 0.5) is 0 Å². The summed E-state index contributed by atoms with van der Waals surface area (Å²) in [5.74, 6) is 1.69. The Morgan fingerprint density at radius 1 is 1.32 bits per heavy atom. The van der Waals surface area contributed by atoms with Gasteiger partial charge in [-0.3, -0.25) is 4.21 Å². The summed E-state index contributed by atoms with van der Waals surface area (Å²) in [7, 11) is -0.738. The van der Waals surface area contributed by atoms with Crippen molar-refractivity contribution >= 4 is 10.8 Å². The Bertz CT molecular complexity index is 406. The SMILES string of the molecule is CC1CCCC(S(=O)CC(CN)c2ccccc2)C1. The second-order valence-electron chi connectivity index (χ2n) is 5.78. The molecule has 1 saturated carbocycles. The van der Waals surface area contributed by atoms with Crippen molar-refractivity contribution in [2.45, 2.75) is 43.8 Å². The quantitative estimate of drug-likeness (QED) is 0.900. The molecular weight excluding hydrogens is 254 g/mol. The van der Waals surface area contributed by atoms with Crippen molar-refractivity contribution in [1.29, 1.82) is 0 Å². The predicted octanol–water partition coefficient (Wildman–Crippen LogP) is 3.06. The van der Waals surface area contributed by atoms with Crippen LogP contribution in [0.1, 0.15) is 44.1 Å². The van der Waals surface area contributed by atoms with Crippen LogP contribution in [0.25, 0.3) is 0 Å². The van der Waals surface area contributed by atoms with E-state index in [1.54, 1.807) is 0 Å². The van der Waals surface area contributed by atoms with Gasteiger partial charge in [0.25, 0.3) is 0 Å². The first-order valence-electron chi connectivity index (χ1n) is 7.33. The number of hydrogen-bond donors (Lipinski definition) is 1. The van der Waals surface area contributed by atoms with Gasteiger partial charge >= 0.3 is 0 Å². The third-order valence-electron chi connectivity index (χ3n) is 4.18. The third-order valence-corrected chi connectivity index (χ3v) is 6.08. The van der Waals surface area contributed by atoms with E-state index in [2.05, 4.69) is 19.1 Å². The fraction of sp³-hybridized carbons (Fsp3) is 0.625. The lowest BCUT2D eigenvalue weighted by molar-refractivity contribution is 0.389. The smallest absolute Gasteiger partial charge is 0.0350 e. The minimum atomic E-state index is -0.738. The molecule has 106 valence electrons. The normalized spacial score (nSPS) is 26.8. The van der Waals surface area contributed by atoms with E-state index in [0.717, 1.165) is 24.5 Å². The molecule has 0 spiro atoms. The lowest BCUT2D eigenvalue weighted by Crippen LogP contribution is -2.28. The maximum absolute atomic E-state index is 12.5. The number of rotatable bonds is 5. The second kappa shape index (κ2) is 7.20. The molecule has 1 aromatic carbocycles. The average Bonchev–Trinajstić information content (AvgIpc) is 2.45. The van der Waals surface area contributed by atoms with Crippen molar-refractivity contribution in [2.24, 2.45) is 11.7 Å². The molecule has 0 aromatic heterocycles. The minimum absolute atomic E-state index is 0.235. The van der Waals surface area contributed by atoms with Crippen LogP contribution in [0.3, 0.4) is 0 Å². The molecule has 19 heavy (non-hydrogen) atoms. The van der Waals surface area contributed by atoms with Gasteiger partial charge in [-0.15, -0.1) is 0 Å². The van der Waals surface area contributed by atoms with Gasteiger partial charge in [-0.1, -0.05) is 50.1 Å². The summed E-state index contributed by atoms with van der Waals surface area (Å²) < 4.78 is 12.5. The Morgan fingerprint density at radius 3 is 2.68 bits per heavy atom. The van der Waals surface area contributed by atoms with Crippen LogP contribution < -0.4 is 5.73 Å². The van der Waals surface area contributed by atoms with Crippen LogP contribution in [-0.4, -0.2) is 21.8 Å². The first-order valence-corrected chi connectivity index (χ1v) is 8.71. The molecule has 0 radical (unpaired) electrons. The van der Waals surface area contributed by atoms with Crippen molar-refractivity contribution in [3.8, 4) is 0 Å². The summed E-state index contributed by atoms with van der Waals surface area (Å²) in [5, 5.41) is 0.390. The van der Waals surface area contributed by atoms with Gasteiger partial charge in [0, 0.05) is 34.3 Å². The Labute approximate surface area is 119 Å². The average molecular weight is 279 g/mol. The van der Waals surface area contributed by atoms with Crippen molar-refractivity contribution < 1.29 is 4.21 Å². The number of hydrogen-bond acceptors (Lipinski definition) is 2. The van der Waals surface area contributed by atoms with E-state index in [1.807, 2.05) is 18.2 Å². The van der Waals surface area contributed by atoms with Gasteiger partial charge in [0.15, 0.2) is 0 Å². The summed E-state index contributed by atoms with van der Waals surface area (Å²) in [6.45, 7) is 2.86. The lowest BCUT2D eigenvalue weighted by Gasteiger charge is -2.27. The van der Waals surface area contributed by atoms with Crippen LogP contribution >= 0.6 is 0 Å². The van der Waals surface area contributed by atoms with Crippen molar-refractivity contribution in [2.75, 3.05) is 12.3 Å². The topological polar surface area (TPSA) is 43.1 Å². The fourth-order valence-corrected chi connectivity index (χ4v) is 4.95. The maximum Gasteiger partial charge on any atom is 0.0350 e. The minimum Gasteiger partial charge on any atom is -0.330 e. The van der Waals surface area contributed by atoms with Crippen molar-refractivity contribution in [1.82, 2.24) is 0 Å². The van der Waals surface area contributed by atoms with E-state index < -0.39 is 10.8 Å². The van der Waals surface area contributed by atoms with E-state index in [9.17, 15) is 4.21 Å².